The zero-order chi connectivity index (χ0) is 22.5. The molecule has 1 aromatic heterocycles. The topological polar surface area (TPSA) is 56.1 Å². The van der Waals surface area contributed by atoms with Crippen molar-refractivity contribution in [1.82, 2.24) is 14.9 Å². The molecule has 0 radical (unpaired) electrons. The molecule has 0 fully saturated rings. The van der Waals surface area contributed by atoms with Crippen LogP contribution < -0.4 is 10.1 Å². The number of hydrogen-bond acceptors (Lipinski definition) is 3. The molecule has 0 unspecified atom stereocenters. The molecule has 0 aliphatic rings. The number of carbonyl (C=O) groups is 1. The molecular formula is C25H23Cl2N3O2. The molecule has 32 heavy (non-hydrogen) atoms. The van der Waals surface area contributed by atoms with Crippen LogP contribution in [0.5, 0.6) is 5.75 Å². The summed E-state index contributed by atoms with van der Waals surface area (Å²) in [5.41, 5.74) is 3.94. The molecule has 0 bridgehead atoms. The fourth-order valence-corrected chi connectivity index (χ4v) is 3.94. The molecule has 0 aliphatic heterocycles. The third-order valence-corrected chi connectivity index (χ3v) is 5.99. The number of carbonyl (C=O) groups excluding carboxylic acids is 1. The molecule has 7 heteroatoms. The van der Waals surface area contributed by atoms with E-state index in [2.05, 4.69) is 9.88 Å². The van der Waals surface area contributed by atoms with Crippen LogP contribution in [0.3, 0.4) is 0 Å². The number of halogens is 2. The zero-order valence-corrected chi connectivity index (χ0v) is 19.2. The molecule has 4 aromatic rings. The molecule has 1 N–H and O–H groups in total. The highest BCUT2D eigenvalue weighted by Gasteiger charge is 2.12. The largest absolute Gasteiger partial charge is 0.497 e. The molecule has 0 saturated heterocycles. The number of amides is 1. The number of nitrogens with one attached hydrogen (secondary N) is 1. The lowest BCUT2D eigenvalue weighted by molar-refractivity contribution is -0.120. The van der Waals surface area contributed by atoms with Crippen molar-refractivity contribution in [3.63, 3.8) is 0 Å². The van der Waals surface area contributed by atoms with Gasteiger partial charge in [0.05, 0.1) is 34.6 Å². The minimum absolute atomic E-state index is 0.0256. The quantitative estimate of drug-likeness (QED) is 0.382. The van der Waals surface area contributed by atoms with Gasteiger partial charge in [-0.05, 0) is 47.5 Å². The van der Waals surface area contributed by atoms with E-state index in [9.17, 15) is 4.79 Å². The Bertz CT molecular complexity index is 1240. The summed E-state index contributed by atoms with van der Waals surface area (Å²) < 4.78 is 7.31. The molecule has 3 aromatic carbocycles. The number of hydrogen-bond donors (Lipinski definition) is 1. The summed E-state index contributed by atoms with van der Waals surface area (Å²) in [4.78, 5) is 17.2. The van der Waals surface area contributed by atoms with Crippen LogP contribution in [-0.2, 0) is 24.2 Å². The van der Waals surface area contributed by atoms with Crippen LogP contribution in [0.1, 0.15) is 17.0 Å². The maximum absolute atomic E-state index is 12.4. The summed E-state index contributed by atoms with van der Waals surface area (Å²) in [5, 5.41) is 4.06. The summed E-state index contributed by atoms with van der Waals surface area (Å²) in [6.45, 7) is 1.12. The number of nitrogens with zero attached hydrogens (tertiary/aromatic N) is 2. The lowest BCUT2D eigenvalue weighted by atomic mass is 10.1. The van der Waals surface area contributed by atoms with Crippen molar-refractivity contribution in [2.75, 3.05) is 13.7 Å². The summed E-state index contributed by atoms with van der Waals surface area (Å²) in [6.07, 6.45) is 0.939. The van der Waals surface area contributed by atoms with Gasteiger partial charge in [-0.3, -0.25) is 4.79 Å². The fraction of sp³-hybridized carbons (Fsp3) is 0.200. The predicted molar refractivity (Wildman–Crippen MR) is 129 cm³/mol. The van der Waals surface area contributed by atoms with E-state index in [0.717, 1.165) is 33.7 Å². The maximum Gasteiger partial charge on any atom is 0.224 e. The van der Waals surface area contributed by atoms with E-state index in [1.807, 2.05) is 60.7 Å². The van der Waals surface area contributed by atoms with Crippen LogP contribution in [0, 0.1) is 0 Å². The van der Waals surface area contributed by atoms with Crippen molar-refractivity contribution in [1.29, 1.82) is 0 Å². The highest BCUT2D eigenvalue weighted by atomic mass is 35.5. The van der Waals surface area contributed by atoms with E-state index in [1.54, 1.807) is 13.2 Å². The predicted octanol–water partition coefficient (Wildman–Crippen LogP) is 5.30. The Labute approximate surface area is 196 Å². The van der Waals surface area contributed by atoms with Crippen LogP contribution in [0.15, 0.2) is 66.7 Å². The summed E-state index contributed by atoms with van der Waals surface area (Å²) >= 11 is 12.3. The first-order valence-corrected chi connectivity index (χ1v) is 11.1. The van der Waals surface area contributed by atoms with Crippen LogP contribution in [-0.4, -0.2) is 29.1 Å². The first-order valence-electron chi connectivity index (χ1n) is 10.3. The maximum atomic E-state index is 12.4. The molecule has 0 saturated carbocycles. The average molecular weight is 468 g/mol. The first-order chi connectivity index (χ1) is 15.5. The van der Waals surface area contributed by atoms with Crippen LogP contribution in [0.4, 0.5) is 0 Å². The Hall–Kier alpha value is -3.02. The summed E-state index contributed by atoms with van der Waals surface area (Å²) in [5.74, 6) is 1.65. The SMILES string of the molecule is COc1ccc(CC(=O)NCCc2nc3ccccc3n2Cc2ccc(Cl)c(Cl)c2)cc1. The van der Waals surface area contributed by atoms with Gasteiger partial charge in [-0.1, -0.05) is 53.5 Å². The molecule has 4 rings (SSSR count). The van der Waals surface area contributed by atoms with Crippen molar-refractivity contribution >= 4 is 40.1 Å². The number of benzene rings is 3. The Morgan fingerprint density at radius 1 is 1.00 bits per heavy atom. The number of fused-ring (bicyclic) bond motifs is 1. The van der Waals surface area contributed by atoms with E-state index in [1.165, 1.54) is 0 Å². The zero-order valence-electron chi connectivity index (χ0n) is 17.6. The molecule has 5 nitrogen and oxygen atoms in total. The van der Waals surface area contributed by atoms with Crippen molar-refractivity contribution in [3.05, 3.63) is 93.7 Å². The second-order valence-corrected chi connectivity index (χ2v) is 8.29. The van der Waals surface area contributed by atoms with Gasteiger partial charge in [0, 0.05) is 19.5 Å². The molecule has 0 aliphatic carbocycles. The standard InChI is InChI=1S/C25H23Cl2N3O2/c1-32-19-9-6-17(7-10-19)15-25(31)28-13-12-24-29-22-4-2-3-5-23(22)30(24)16-18-8-11-20(26)21(27)14-18/h2-11,14H,12-13,15-16H2,1H3,(H,28,31). The highest BCUT2D eigenvalue weighted by molar-refractivity contribution is 6.42. The molecule has 1 amide bonds. The van der Waals surface area contributed by atoms with E-state index in [0.29, 0.717) is 36.0 Å². The lowest BCUT2D eigenvalue weighted by Gasteiger charge is -2.11. The summed E-state index contributed by atoms with van der Waals surface area (Å²) in [6, 6.07) is 21.2. The molecular weight excluding hydrogens is 445 g/mol. The van der Waals surface area contributed by atoms with Gasteiger partial charge in [-0.15, -0.1) is 0 Å². The van der Waals surface area contributed by atoms with E-state index in [-0.39, 0.29) is 5.91 Å². The van der Waals surface area contributed by atoms with E-state index in [4.69, 9.17) is 32.9 Å². The average Bonchev–Trinajstić information content (AvgIpc) is 3.14. The number of ether oxygens (including phenoxy) is 1. The Balaban J connectivity index is 1.44. The minimum atomic E-state index is -0.0256. The highest BCUT2D eigenvalue weighted by Crippen LogP contribution is 2.25. The van der Waals surface area contributed by atoms with Gasteiger partial charge in [0.1, 0.15) is 11.6 Å². The van der Waals surface area contributed by atoms with Crippen molar-refractivity contribution in [2.24, 2.45) is 0 Å². The van der Waals surface area contributed by atoms with Crippen molar-refractivity contribution < 1.29 is 9.53 Å². The third kappa shape index (κ3) is 5.23. The van der Waals surface area contributed by atoms with Gasteiger partial charge >= 0.3 is 0 Å². The molecule has 0 atom stereocenters. The number of rotatable bonds is 8. The molecule has 0 spiro atoms. The first kappa shape index (κ1) is 22.2. The fourth-order valence-electron chi connectivity index (χ4n) is 3.62. The Morgan fingerprint density at radius 3 is 2.50 bits per heavy atom. The summed E-state index contributed by atoms with van der Waals surface area (Å²) in [7, 11) is 1.62. The smallest absolute Gasteiger partial charge is 0.224 e. The van der Waals surface area contributed by atoms with Gasteiger partial charge in [0.2, 0.25) is 5.91 Å². The van der Waals surface area contributed by atoms with Gasteiger partial charge in [0.25, 0.3) is 0 Å². The monoisotopic (exact) mass is 467 g/mol. The van der Waals surface area contributed by atoms with Crippen LogP contribution >= 0.6 is 23.2 Å². The van der Waals surface area contributed by atoms with Gasteiger partial charge in [-0.25, -0.2) is 4.98 Å². The number of aromatic nitrogens is 2. The second-order valence-electron chi connectivity index (χ2n) is 7.48. The third-order valence-electron chi connectivity index (χ3n) is 5.25. The second kappa shape index (κ2) is 10.1. The number of imidazole rings is 1. The van der Waals surface area contributed by atoms with E-state index >= 15 is 0 Å². The van der Waals surface area contributed by atoms with Crippen LogP contribution in [0.2, 0.25) is 10.0 Å². The Morgan fingerprint density at radius 2 is 1.75 bits per heavy atom. The van der Waals surface area contributed by atoms with Crippen LogP contribution in [0.25, 0.3) is 11.0 Å². The van der Waals surface area contributed by atoms with Crippen molar-refractivity contribution in [2.45, 2.75) is 19.4 Å². The number of methoxy groups -OCH3 is 1. The van der Waals surface area contributed by atoms with Gasteiger partial charge < -0.3 is 14.6 Å². The Kier molecular flexibility index (Phi) is 6.98. The minimum Gasteiger partial charge on any atom is -0.497 e. The van der Waals surface area contributed by atoms with Gasteiger partial charge in [-0.2, -0.15) is 0 Å². The van der Waals surface area contributed by atoms with E-state index < -0.39 is 0 Å². The normalized spacial score (nSPS) is 11.0. The molecule has 164 valence electrons. The lowest BCUT2D eigenvalue weighted by Crippen LogP contribution is -2.28. The van der Waals surface area contributed by atoms with Gasteiger partial charge in [0.15, 0.2) is 0 Å². The number of para-hydroxylation sites is 2. The molecule has 1 heterocycles. The van der Waals surface area contributed by atoms with Crippen molar-refractivity contribution in [3.8, 4) is 5.75 Å².